The second-order valence-corrected chi connectivity index (χ2v) is 3.32. The molecule has 0 amide bonds. The van der Waals surface area contributed by atoms with Gasteiger partial charge in [0.05, 0.1) is 32.1 Å². The summed E-state index contributed by atoms with van der Waals surface area (Å²) in [5.74, 6) is 0.502. The van der Waals surface area contributed by atoms with Gasteiger partial charge in [-0.1, -0.05) is 6.07 Å². The highest BCUT2D eigenvalue weighted by Gasteiger charge is 2.08. The van der Waals surface area contributed by atoms with Gasteiger partial charge >= 0.3 is 0 Å². The quantitative estimate of drug-likeness (QED) is 0.813. The van der Waals surface area contributed by atoms with Gasteiger partial charge in [0.2, 0.25) is 0 Å². The average molecular weight is 220 g/mol. The summed E-state index contributed by atoms with van der Waals surface area (Å²) >= 11 is 0. The van der Waals surface area contributed by atoms with Gasteiger partial charge in [-0.05, 0) is 12.1 Å². The molecule has 1 heterocycles. The van der Waals surface area contributed by atoms with Crippen LogP contribution in [0.15, 0.2) is 29.3 Å². The fraction of sp³-hybridized carbons (Fsp3) is 0.273. The number of ether oxygens (including phenoxy) is 1. The predicted octanol–water partition coefficient (Wildman–Crippen LogP) is 0.397. The summed E-state index contributed by atoms with van der Waals surface area (Å²) in [4.78, 5) is 16.2. The minimum atomic E-state index is -0.198. The number of hydrogen-bond acceptors (Lipinski definition) is 4. The highest BCUT2D eigenvalue weighted by Crippen LogP contribution is 2.19. The number of nitrogens with zero attached hydrogens (tertiary/aromatic N) is 2. The fourth-order valence-electron chi connectivity index (χ4n) is 1.61. The summed E-state index contributed by atoms with van der Waals surface area (Å²) in [6.45, 7) is 0.141. The van der Waals surface area contributed by atoms with E-state index in [1.807, 2.05) is 0 Å². The van der Waals surface area contributed by atoms with Crippen LogP contribution in [0.25, 0.3) is 10.9 Å². The molecule has 2 rings (SSSR count). The van der Waals surface area contributed by atoms with Gasteiger partial charge in [-0.3, -0.25) is 9.36 Å². The number of benzene rings is 1. The molecular formula is C11H12N2O3. The van der Waals surface area contributed by atoms with Crippen molar-refractivity contribution >= 4 is 10.9 Å². The number of fused-ring (bicyclic) bond motifs is 1. The lowest BCUT2D eigenvalue weighted by atomic mass is 10.2. The zero-order valence-electron chi connectivity index (χ0n) is 8.88. The van der Waals surface area contributed by atoms with Crippen molar-refractivity contribution in [2.75, 3.05) is 13.7 Å². The topological polar surface area (TPSA) is 64.3 Å². The lowest BCUT2D eigenvalue weighted by Crippen LogP contribution is -2.22. The van der Waals surface area contributed by atoms with Crippen LogP contribution in [-0.4, -0.2) is 28.4 Å². The lowest BCUT2D eigenvalue weighted by molar-refractivity contribution is 0.274. The first-order valence-corrected chi connectivity index (χ1v) is 4.91. The van der Waals surface area contributed by atoms with Crippen LogP contribution in [0, 0.1) is 0 Å². The second kappa shape index (κ2) is 4.32. The minimum Gasteiger partial charge on any atom is -0.496 e. The van der Waals surface area contributed by atoms with Crippen molar-refractivity contribution in [3.05, 3.63) is 34.9 Å². The Morgan fingerprint density at radius 3 is 3.00 bits per heavy atom. The van der Waals surface area contributed by atoms with E-state index in [1.165, 1.54) is 18.0 Å². The zero-order valence-corrected chi connectivity index (χ0v) is 8.88. The number of hydrogen-bond donors (Lipinski definition) is 1. The van der Waals surface area contributed by atoms with Crippen molar-refractivity contribution < 1.29 is 9.84 Å². The van der Waals surface area contributed by atoms with Gasteiger partial charge in [0.15, 0.2) is 0 Å². The molecule has 1 aromatic carbocycles. The van der Waals surface area contributed by atoms with Gasteiger partial charge in [-0.2, -0.15) is 0 Å². The molecule has 0 bridgehead atoms. The molecule has 2 aromatic rings. The molecule has 84 valence electrons. The molecule has 0 atom stereocenters. The summed E-state index contributed by atoms with van der Waals surface area (Å²) in [5, 5.41) is 9.27. The molecule has 0 aliphatic heterocycles. The average Bonchev–Trinajstić information content (AvgIpc) is 2.32. The summed E-state index contributed by atoms with van der Waals surface area (Å²) in [7, 11) is 1.51. The van der Waals surface area contributed by atoms with Gasteiger partial charge in [-0.15, -0.1) is 0 Å². The van der Waals surface area contributed by atoms with E-state index < -0.39 is 0 Å². The standard InChI is InChI=1S/C11H12N2O3/c1-16-9-4-2-3-8-10(9)11(15)13(5-6-14)7-12-8/h2-4,7,14H,5-6H2,1H3. The van der Waals surface area contributed by atoms with Crippen molar-refractivity contribution in [3.8, 4) is 5.75 Å². The maximum absolute atomic E-state index is 12.0. The highest BCUT2D eigenvalue weighted by molar-refractivity contribution is 5.83. The summed E-state index contributed by atoms with van der Waals surface area (Å²) in [6.07, 6.45) is 1.43. The van der Waals surface area contributed by atoms with Crippen molar-refractivity contribution in [1.82, 2.24) is 9.55 Å². The summed E-state index contributed by atoms with van der Waals surface area (Å²) in [6, 6.07) is 5.25. The third kappa shape index (κ3) is 1.65. The molecule has 1 N–H and O–H groups in total. The number of methoxy groups -OCH3 is 1. The molecule has 1 aromatic heterocycles. The van der Waals surface area contributed by atoms with E-state index in [2.05, 4.69) is 4.98 Å². The first-order chi connectivity index (χ1) is 7.77. The van der Waals surface area contributed by atoms with Gasteiger partial charge in [-0.25, -0.2) is 4.98 Å². The van der Waals surface area contributed by atoms with E-state index in [0.717, 1.165) is 0 Å². The Morgan fingerprint density at radius 2 is 2.31 bits per heavy atom. The van der Waals surface area contributed by atoms with Crippen LogP contribution in [0.5, 0.6) is 5.75 Å². The largest absolute Gasteiger partial charge is 0.496 e. The van der Waals surface area contributed by atoms with E-state index in [1.54, 1.807) is 18.2 Å². The molecule has 0 saturated carbocycles. The van der Waals surface area contributed by atoms with E-state index in [0.29, 0.717) is 16.7 Å². The Labute approximate surface area is 91.9 Å². The predicted molar refractivity (Wildman–Crippen MR) is 59.6 cm³/mol. The van der Waals surface area contributed by atoms with Crippen molar-refractivity contribution in [2.45, 2.75) is 6.54 Å². The maximum atomic E-state index is 12.0. The van der Waals surface area contributed by atoms with Crippen LogP contribution in [0.1, 0.15) is 0 Å². The van der Waals surface area contributed by atoms with Crippen LogP contribution < -0.4 is 10.3 Å². The minimum absolute atomic E-state index is 0.0950. The lowest BCUT2D eigenvalue weighted by Gasteiger charge is -2.07. The normalized spacial score (nSPS) is 10.6. The third-order valence-electron chi connectivity index (χ3n) is 2.38. The smallest absolute Gasteiger partial charge is 0.265 e. The molecule has 0 unspecified atom stereocenters. The fourth-order valence-corrected chi connectivity index (χ4v) is 1.61. The SMILES string of the molecule is COc1cccc2ncn(CCO)c(=O)c12. The number of aliphatic hydroxyl groups excluding tert-OH is 1. The van der Waals surface area contributed by atoms with Crippen LogP contribution in [0.3, 0.4) is 0 Å². The molecule has 5 heteroatoms. The first kappa shape index (κ1) is 10.6. The molecule has 0 radical (unpaired) electrons. The van der Waals surface area contributed by atoms with Crippen molar-refractivity contribution in [1.29, 1.82) is 0 Å². The van der Waals surface area contributed by atoms with Crippen molar-refractivity contribution in [2.24, 2.45) is 0 Å². The Kier molecular flexibility index (Phi) is 2.87. The molecule has 5 nitrogen and oxygen atoms in total. The molecule has 0 saturated heterocycles. The third-order valence-corrected chi connectivity index (χ3v) is 2.38. The molecule has 0 aliphatic rings. The summed E-state index contributed by atoms with van der Waals surface area (Å²) in [5.41, 5.74) is 0.398. The van der Waals surface area contributed by atoms with Crippen LogP contribution in [-0.2, 0) is 6.54 Å². The Hall–Kier alpha value is -1.88. The van der Waals surface area contributed by atoms with Gasteiger partial charge in [0.25, 0.3) is 5.56 Å². The molecule has 0 fully saturated rings. The number of rotatable bonds is 3. The van der Waals surface area contributed by atoms with Crippen LogP contribution in [0.2, 0.25) is 0 Å². The molecule has 0 spiro atoms. The maximum Gasteiger partial charge on any atom is 0.265 e. The van der Waals surface area contributed by atoms with Crippen LogP contribution >= 0.6 is 0 Å². The number of aromatic nitrogens is 2. The Morgan fingerprint density at radius 1 is 1.50 bits per heavy atom. The van der Waals surface area contributed by atoms with Gasteiger partial charge in [0.1, 0.15) is 11.1 Å². The first-order valence-electron chi connectivity index (χ1n) is 4.91. The molecule has 0 aliphatic carbocycles. The zero-order chi connectivity index (χ0) is 11.5. The summed E-state index contributed by atoms with van der Waals surface area (Å²) < 4.78 is 6.49. The Bertz CT molecular complexity index is 563. The highest BCUT2D eigenvalue weighted by atomic mass is 16.5. The molecular weight excluding hydrogens is 208 g/mol. The number of aliphatic hydroxyl groups is 1. The van der Waals surface area contributed by atoms with E-state index in [9.17, 15) is 4.79 Å². The monoisotopic (exact) mass is 220 g/mol. The van der Waals surface area contributed by atoms with E-state index in [-0.39, 0.29) is 18.7 Å². The van der Waals surface area contributed by atoms with Gasteiger partial charge < -0.3 is 9.84 Å². The second-order valence-electron chi connectivity index (χ2n) is 3.32. The van der Waals surface area contributed by atoms with Crippen LogP contribution in [0.4, 0.5) is 0 Å². The van der Waals surface area contributed by atoms with Gasteiger partial charge in [0, 0.05) is 0 Å². The van der Waals surface area contributed by atoms with Crippen molar-refractivity contribution in [3.63, 3.8) is 0 Å². The molecule has 16 heavy (non-hydrogen) atoms. The van der Waals surface area contributed by atoms with E-state index in [4.69, 9.17) is 9.84 Å². The Balaban J connectivity index is 2.76. The van der Waals surface area contributed by atoms with E-state index >= 15 is 0 Å².